The molecule has 2 aromatic rings. The summed E-state index contributed by atoms with van der Waals surface area (Å²) in [6, 6.07) is 2.03. The standard InChI is InChI=1S/C9H8BrNOS2/c10-6-3-7(14-5-6)4-8(12)9-11-1-2-13-9/h1-3,5,8,12H,4H2. The molecular formula is C9H8BrNOS2. The Balaban J connectivity index is 2.05. The van der Waals surface area contributed by atoms with E-state index in [1.807, 2.05) is 16.8 Å². The highest BCUT2D eigenvalue weighted by atomic mass is 79.9. The molecule has 2 heterocycles. The molecule has 0 aliphatic rings. The molecule has 0 saturated carbocycles. The van der Waals surface area contributed by atoms with Crippen LogP contribution in [-0.4, -0.2) is 10.1 Å². The van der Waals surface area contributed by atoms with Crippen molar-refractivity contribution in [3.8, 4) is 0 Å². The zero-order valence-electron chi connectivity index (χ0n) is 7.18. The number of thiophene rings is 1. The topological polar surface area (TPSA) is 33.1 Å². The first-order valence-electron chi connectivity index (χ1n) is 4.06. The molecule has 2 nitrogen and oxygen atoms in total. The fourth-order valence-corrected chi connectivity index (χ4v) is 3.25. The number of nitrogens with zero attached hydrogens (tertiary/aromatic N) is 1. The van der Waals surface area contributed by atoms with E-state index < -0.39 is 6.10 Å². The second kappa shape index (κ2) is 4.53. The van der Waals surface area contributed by atoms with Crippen LogP contribution in [0.25, 0.3) is 0 Å². The first kappa shape index (κ1) is 10.3. The van der Waals surface area contributed by atoms with Crippen molar-refractivity contribution in [2.75, 3.05) is 0 Å². The number of aliphatic hydroxyl groups excluding tert-OH is 1. The first-order valence-corrected chi connectivity index (χ1v) is 6.61. The van der Waals surface area contributed by atoms with Crippen molar-refractivity contribution in [3.63, 3.8) is 0 Å². The molecule has 74 valence electrons. The smallest absolute Gasteiger partial charge is 0.122 e. The molecule has 0 aromatic carbocycles. The zero-order valence-corrected chi connectivity index (χ0v) is 10.4. The van der Waals surface area contributed by atoms with E-state index in [9.17, 15) is 5.11 Å². The Morgan fingerprint density at radius 3 is 2.93 bits per heavy atom. The van der Waals surface area contributed by atoms with Gasteiger partial charge in [0.1, 0.15) is 11.1 Å². The summed E-state index contributed by atoms with van der Waals surface area (Å²) >= 11 is 6.52. The van der Waals surface area contributed by atoms with Gasteiger partial charge in [-0.05, 0) is 22.0 Å². The molecule has 0 amide bonds. The number of rotatable bonds is 3. The number of halogens is 1. The van der Waals surface area contributed by atoms with E-state index in [1.54, 1.807) is 17.5 Å². The van der Waals surface area contributed by atoms with Crippen LogP contribution in [0.5, 0.6) is 0 Å². The van der Waals surface area contributed by atoms with Crippen molar-refractivity contribution in [3.05, 3.63) is 37.4 Å². The summed E-state index contributed by atoms with van der Waals surface area (Å²) in [4.78, 5) is 5.25. The Bertz CT molecular complexity index is 399. The molecule has 0 aliphatic heterocycles. The van der Waals surface area contributed by atoms with Gasteiger partial charge in [0, 0.05) is 32.7 Å². The molecule has 1 atom stereocenters. The van der Waals surface area contributed by atoms with E-state index in [-0.39, 0.29) is 0 Å². The third kappa shape index (κ3) is 2.42. The molecule has 2 aromatic heterocycles. The van der Waals surface area contributed by atoms with Crippen molar-refractivity contribution in [1.29, 1.82) is 0 Å². The summed E-state index contributed by atoms with van der Waals surface area (Å²) in [5, 5.41) is 14.5. The molecule has 0 bridgehead atoms. The first-order chi connectivity index (χ1) is 6.75. The summed E-state index contributed by atoms with van der Waals surface area (Å²) in [6.45, 7) is 0. The Labute approximate surface area is 98.4 Å². The maximum absolute atomic E-state index is 9.81. The van der Waals surface area contributed by atoms with E-state index in [2.05, 4.69) is 20.9 Å². The summed E-state index contributed by atoms with van der Waals surface area (Å²) < 4.78 is 1.07. The number of aliphatic hydroxyl groups is 1. The maximum atomic E-state index is 9.81. The van der Waals surface area contributed by atoms with E-state index in [4.69, 9.17) is 0 Å². The van der Waals surface area contributed by atoms with Gasteiger partial charge in [0.15, 0.2) is 0 Å². The monoisotopic (exact) mass is 289 g/mol. The van der Waals surface area contributed by atoms with Crippen LogP contribution < -0.4 is 0 Å². The molecule has 0 saturated heterocycles. The maximum Gasteiger partial charge on any atom is 0.122 e. The van der Waals surface area contributed by atoms with Gasteiger partial charge in [-0.1, -0.05) is 0 Å². The Morgan fingerprint density at radius 2 is 2.36 bits per heavy atom. The summed E-state index contributed by atoms with van der Waals surface area (Å²) in [7, 11) is 0. The lowest BCUT2D eigenvalue weighted by Gasteiger charge is -2.04. The van der Waals surface area contributed by atoms with E-state index in [1.165, 1.54) is 16.2 Å². The molecular weight excluding hydrogens is 282 g/mol. The largest absolute Gasteiger partial charge is 0.386 e. The van der Waals surface area contributed by atoms with Gasteiger partial charge in [-0.3, -0.25) is 0 Å². The van der Waals surface area contributed by atoms with Gasteiger partial charge in [0.05, 0.1) is 0 Å². The van der Waals surface area contributed by atoms with Crippen molar-refractivity contribution >= 4 is 38.6 Å². The third-order valence-corrected chi connectivity index (χ3v) is 4.35. The predicted molar refractivity (Wildman–Crippen MR) is 62.8 cm³/mol. The summed E-state index contributed by atoms with van der Waals surface area (Å²) in [5.41, 5.74) is 0. The fraction of sp³-hybridized carbons (Fsp3) is 0.222. The molecule has 0 radical (unpaired) electrons. The Morgan fingerprint density at radius 1 is 1.50 bits per heavy atom. The normalized spacial score (nSPS) is 13.0. The van der Waals surface area contributed by atoms with Crippen LogP contribution in [0, 0.1) is 0 Å². The highest BCUT2D eigenvalue weighted by molar-refractivity contribution is 9.10. The van der Waals surface area contributed by atoms with Gasteiger partial charge in [-0.2, -0.15) is 0 Å². The lowest BCUT2D eigenvalue weighted by molar-refractivity contribution is 0.179. The molecule has 0 fully saturated rings. The van der Waals surface area contributed by atoms with Crippen LogP contribution in [0.1, 0.15) is 16.0 Å². The fourth-order valence-electron chi connectivity index (χ4n) is 1.14. The molecule has 0 spiro atoms. The van der Waals surface area contributed by atoms with Gasteiger partial charge < -0.3 is 5.11 Å². The van der Waals surface area contributed by atoms with E-state index in [0.717, 1.165) is 9.48 Å². The van der Waals surface area contributed by atoms with Gasteiger partial charge in [-0.15, -0.1) is 22.7 Å². The average Bonchev–Trinajstić information content (AvgIpc) is 2.75. The number of thiazole rings is 1. The predicted octanol–water partition coefficient (Wildman–Crippen LogP) is 3.24. The van der Waals surface area contributed by atoms with Crippen LogP contribution in [0.15, 0.2) is 27.5 Å². The molecule has 0 aliphatic carbocycles. The molecule has 14 heavy (non-hydrogen) atoms. The number of hydrogen-bond acceptors (Lipinski definition) is 4. The SMILES string of the molecule is OC(Cc1cc(Br)cs1)c1nccs1. The molecule has 5 heteroatoms. The van der Waals surface area contributed by atoms with Crippen molar-refractivity contribution in [1.82, 2.24) is 4.98 Å². The third-order valence-electron chi connectivity index (χ3n) is 1.75. The molecule has 1 N–H and O–H groups in total. The van der Waals surface area contributed by atoms with Gasteiger partial charge in [0.25, 0.3) is 0 Å². The summed E-state index contributed by atoms with van der Waals surface area (Å²) in [5.74, 6) is 0. The van der Waals surface area contributed by atoms with Crippen LogP contribution in [0.3, 0.4) is 0 Å². The van der Waals surface area contributed by atoms with Crippen LogP contribution in [-0.2, 0) is 6.42 Å². The quantitative estimate of drug-likeness (QED) is 0.941. The lowest BCUT2D eigenvalue weighted by Crippen LogP contribution is -1.99. The van der Waals surface area contributed by atoms with Crippen LogP contribution in [0.2, 0.25) is 0 Å². The minimum absolute atomic E-state index is 0.472. The minimum Gasteiger partial charge on any atom is -0.386 e. The Kier molecular flexibility index (Phi) is 3.33. The van der Waals surface area contributed by atoms with E-state index >= 15 is 0 Å². The zero-order chi connectivity index (χ0) is 9.97. The van der Waals surface area contributed by atoms with Crippen molar-refractivity contribution in [2.24, 2.45) is 0 Å². The number of aromatic nitrogens is 1. The van der Waals surface area contributed by atoms with Gasteiger partial charge in [0.2, 0.25) is 0 Å². The minimum atomic E-state index is -0.472. The Hall–Kier alpha value is -0.230. The van der Waals surface area contributed by atoms with Crippen LogP contribution in [0.4, 0.5) is 0 Å². The lowest BCUT2D eigenvalue weighted by atomic mass is 10.2. The van der Waals surface area contributed by atoms with Crippen LogP contribution >= 0.6 is 38.6 Å². The second-order valence-electron chi connectivity index (χ2n) is 2.82. The highest BCUT2D eigenvalue weighted by Crippen LogP contribution is 2.26. The van der Waals surface area contributed by atoms with Crippen molar-refractivity contribution in [2.45, 2.75) is 12.5 Å². The highest BCUT2D eigenvalue weighted by Gasteiger charge is 2.11. The van der Waals surface area contributed by atoms with Crippen molar-refractivity contribution < 1.29 is 5.11 Å². The summed E-state index contributed by atoms with van der Waals surface area (Å²) in [6.07, 6.45) is 1.89. The van der Waals surface area contributed by atoms with Gasteiger partial charge >= 0.3 is 0 Å². The van der Waals surface area contributed by atoms with E-state index in [0.29, 0.717) is 6.42 Å². The molecule has 1 unspecified atom stereocenters. The second-order valence-corrected chi connectivity index (χ2v) is 5.66. The van der Waals surface area contributed by atoms with Gasteiger partial charge in [-0.25, -0.2) is 4.98 Å². The average molecular weight is 290 g/mol. The number of hydrogen-bond donors (Lipinski definition) is 1. The molecule has 2 rings (SSSR count).